The van der Waals surface area contributed by atoms with Crippen LogP contribution in [0.4, 0.5) is 0 Å². The van der Waals surface area contributed by atoms with Gasteiger partial charge in [0.1, 0.15) is 0 Å². The van der Waals surface area contributed by atoms with Crippen LogP contribution in [0.15, 0.2) is 0 Å². The first kappa shape index (κ1) is 32.1. The lowest BCUT2D eigenvalue weighted by molar-refractivity contribution is -0.00560. The van der Waals surface area contributed by atoms with E-state index in [0.29, 0.717) is 0 Å². The first-order valence-corrected chi connectivity index (χ1v) is 20.8. The molecule has 4 aliphatic rings. The number of rotatable bonds is 12. The molecule has 0 spiro atoms. The van der Waals surface area contributed by atoms with Gasteiger partial charge in [-0.15, -0.1) is 0 Å². The summed E-state index contributed by atoms with van der Waals surface area (Å²) < 4.78 is 12.1. The average Bonchev–Trinajstić information content (AvgIpc) is 3.42. The van der Waals surface area contributed by atoms with Gasteiger partial charge in [-0.2, -0.15) is 0 Å². The first-order chi connectivity index (χ1) is 18.4. The molecule has 0 bridgehead atoms. The maximum absolute atomic E-state index is 6.06. The molecule has 0 radical (unpaired) electrons. The van der Waals surface area contributed by atoms with Gasteiger partial charge in [-0.05, 0) is 127 Å². The Hall–Kier alpha value is 0.137. The standard InChI is InChI=1S/C36H68O2Si/c1-35(2,3)37-23-15-13-17-27-25-33(31-21-11-9-19-29(27)31)39(7,8)34-26-28(30-20-10-12-22-32(30)34)18-14-16-24-38-36(4,5)6/h27-34H,9-26H2,1-8H3. The van der Waals surface area contributed by atoms with Crippen molar-refractivity contribution in [2.45, 2.75) is 180 Å². The predicted molar refractivity (Wildman–Crippen MR) is 171 cm³/mol. The van der Waals surface area contributed by atoms with Crippen molar-refractivity contribution in [3.63, 3.8) is 0 Å². The fourth-order valence-electron chi connectivity index (χ4n) is 10.3. The SMILES string of the molecule is CC(C)(C)OCCCCC1CC([Si](C)(C)C2CC(CCCCOC(C)(C)C)C3CCCCC32)C2CCCCC12. The van der Waals surface area contributed by atoms with Crippen LogP contribution in [-0.4, -0.2) is 32.5 Å². The molecule has 4 saturated carbocycles. The molecular weight excluding hydrogens is 492 g/mol. The molecule has 0 heterocycles. The molecule has 0 N–H and O–H groups in total. The summed E-state index contributed by atoms with van der Waals surface area (Å²) in [5.74, 6) is 6.30. The van der Waals surface area contributed by atoms with Gasteiger partial charge in [0, 0.05) is 13.2 Å². The second-order valence-electron chi connectivity index (χ2n) is 17.2. The van der Waals surface area contributed by atoms with Crippen LogP contribution in [0.1, 0.15) is 144 Å². The van der Waals surface area contributed by atoms with E-state index in [-0.39, 0.29) is 11.2 Å². The van der Waals surface area contributed by atoms with Gasteiger partial charge in [-0.25, -0.2) is 0 Å². The number of hydrogen-bond acceptors (Lipinski definition) is 2. The molecule has 4 aliphatic carbocycles. The summed E-state index contributed by atoms with van der Waals surface area (Å²) in [6.45, 7) is 20.9. The molecule has 8 atom stereocenters. The molecule has 0 aliphatic heterocycles. The van der Waals surface area contributed by atoms with Crippen molar-refractivity contribution in [1.82, 2.24) is 0 Å². The van der Waals surface area contributed by atoms with Crippen molar-refractivity contribution >= 4 is 8.07 Å². The van der Waals surface area contributed by atoms with Crippen LogP contribution in [0.5, 0.6) is 0 Å². The van der Waals surface area contributed by atoms with Crippen LogP contribution < -0.4 is 0 Å². The highest BCUT2D eigenvalue weighted by molar-refractivity contribution is 6.80. The summed E-state index contributed by atoms with van der Waals surface area (Å²) in [7, 11) is -1.35. The summed E-state index contributed by atoms with van der Waals surface area (Å²) in [6.07, 6.45) is 23.7. The third-order valence-electron chi connectivity index (χ3n) is 12.0. The zero-order valence-electron chi connectivity index (χ0n) is 27.7. The maximum Gasteiger partial charge on any atom is 0.0598 e. The van der Waals surface area contributed by atoms with Gasteiger partial charge in [0.15, 0.2) is 0 Å². The molecule has 0 aromatic carbocycles. The highest BCUT2D eigenvalue weighted by Crippen LogP contribution is 2.64. The van der Waals surface area contributed by atoms with Gasteiger partial charge in [0.2, 0.25) is 0 Å². The minimum atomic E-state index is -1.35. The molecular formula is C36H68O2Si. The number of unbranched alkanes of at least 4 members (excludes halogenated alkanes) is 2. The van der Waals surface area contributed by atoms with Gasteiger partial charge >= 0.3 is 0 Å². The van der Waals surface area contributed by atoms with Crippen LogP contribution in [0.3, 0.4) is 0 Å². The van der Waals surface area contributed by atoms with Crippen molar-refractivity contribution in [3.8, 4) is 0 Å². The van der Waals surface area contributed by atoms with E-state index in [2.05, 4.69) is 54.6 Å². The number of hydrogen-bond donors (Lipinski definition) is 0. The number of ether oxygens (including phenoxy) is 2. The van der Waals surface area contributed by atoms with E-state index < -0.39 is 8.07 Å². The van der Waals surface area contributed by atoms with Crippen LogP contribution in [0.25, 0.3) is 0 Å². The summed E-state index contributed by atoms with van der Waals surface area (Å²) >= 11 is 0. The Labute approximate surface area is 245 Å². The van der Waals surface area contributed by atoms with Crippen molar-refractivity contribution in [3.05, 3.63) is 0 Å². The van der Waals surface area contributed by atoms with E-state index in [1.807, 2.05) is 0 Å². The van der Waals surface area contributed by atoms with Gasteiger partial charge in [0.05, 0.1) is 19.3 Å². The molecule has 3 heteroatoms. The molecule has 4 fully saturated rings. The molecule has 0 aromatic rings. The van der Waals surface area contributed by atoms with Crippen molar-refractivity contribution in [2.75, 3.05) is 13.2 Å². The van der Waals surface area contributed by atoms with Crippen molar-refractivity contribution in [1.29, 1.82) is 0 Å². The largest absolute Gasteiger partial charge is 0.376 e. The zero-order chi connectivity index (χ0) is 28.3. The van der Waals surface area contributed by atoms with Crippen LogP contribution in [0, 0.1) is 35.5 Å². The Kier molecular flexibility index (Phi) is 11.2. The van der Waals surface area contributed by atoms with Crippen LogP contribution >= 0.6 is 0 Å². The third kappa shape index (κ3) is 8.59. The minimum Gasteiger partial charge on any atom is -0.376 e. The fourth-order valence-corrected chi connectivity index (χ4v) is 15.7. The van der Waals surface area contributed by atoms with Crippen molar-refractivity contribution < 1.29 is 9.47 Å². The first-order valence-electron chi connectivity index (χ1n) is 17.6. The van der Waals surface area contributed by atoms with E-state index >= 15 is 0 Å². The van der Waals surface area contributed by atoms with Gasteiger partial charge < -0.3 is 9.47 Å². The lowest BCUT2D eigenvalue weighted by atomic mass is 9.76. The summed E-state index contributed by atoms with van der Waals surface area (Å²) in [5, 5.41) is 0. The molecule has 8 unspecified atom stereocenters. The number of fused-ring (bicyclic) bond motifs is 2. The summed E-state index contributed by atoms with van der Waals surface area (Å²) in [6, 6.07) is 0. The highest BCUT2D eigenvalue weighted by atomic mass is 28.3. The Balaban J connectivity index is 1.36. The van der Waals surface area contributed by atoms with E-state index in [4.69, 9.17) is 9.47 Å². The monoisotopic (exact) mass is 560 g/mol. The second kappa shape index (κ2) is 13.6. The second-order valence-corrected chi connectivity index (χ2v) is 22.3. The molecule has 228 valence electrons. The van der Waals surface area contributed by atoms with Crippen LogP contribution in [-0.2, 0) is 9.47 Å². The predicted octanol–water partition coefficient (Wildman–Crippen LogP) is 11.1. The summed E-state index contributed by atoms with van der Waals surface area (Å²) in [4.78, 5) is 0. The molecule has 0 aromatic heterocycles. The molecule has 2 nitrogen and oxygen atoms in total. The Morgan fingerprint density at radius 1 is 0.538 bits per heavy atom. The topological polar surface area (TPSA) is 18.5 Å². The molecule has 4 rings (SSSR count). The fraction of sp³-hybridized carbons (Fsp3) is 1.00. The molecule has 0 amide bonds. The lowest BCUT2D eigenvalue weighted by Gasteiger charge is -2.45. The molecule has 0 saturated heterocycles. The third-order valence-corrected chi connectivity index (χ3v) is 17.2. The Bertz CT molecular complexity index is 673. The van der Waals surface area contributed by atoms with Gasteiger partial charge in [-0.3, -0.25) is 0 Å². The van der Waals surface area contributed by atoms with Crippen LogP contribution in [0.2, 0.25) is 24.2 Å². The van der Waals surface area contributed by atoms with E-state index in [9.17, 15) is 0 Å². The van der Waals surface area contributed by atoms with Gasteiger partial charge in [-0.1, -0.05) is 77.3 Å². The quantitative estimate of drug-likeness (QED) is 0.174. The van der Waals surface area contributed by atoms with Crippen molar-refractivity contribution in [2.24, 2.45) is 35.5 Å². The zero-order valence-corrected chi connectivity index (χ0v) is 28.7. The van der Waals surface area contributed by atoms with E-state index in [1.165, 1.54) is 64.2 Å². The Morgan fingerprint density at radius 2 is 0.897 bits per heavy atom. The normalized spacial score (nSPS) is 35.7. The smallest absolute Gasteiger partial charge is 0.0598 e. The molecule has 39 heavy (non-hydrogen) atoms. The lowest BCUT2D eigenvalue weighted by Crippen LogP contribution is -2.43. The average molecular weight is 561 g/mol. The van der Waals surface area contributed by atoms with E-state index in [0.717, 1.165) is 59.8 Å². The summed E-state index contributed by atoms with van der Waals surface area (Å²) in [5.41, 5.74) is 2.23. The van der Waals surface area contributed by atoms with Gasteiger partial charge in [0.25, 0.3) is 0 Å². The maximum atomic E-state index is 6.06. The van der Waals surface area contributed by atoms with E-state index in [1.54, 1.807) is 38.5 Å². The highest BCUT2D eigenvalue weighted by Gasteiger charge is 2.57. The minimum absolute atomic E-state index is 0.0128. The Morgan fingerprint density at radius 3 is 1.26 bits per heavy atom.